The maximum atomic E-state index is 12.5. The number of allylic oxidation sites excluding steroid dienone is 1. The first-order chi connectivity index (χ1) is 17.7. The monoisotopic (exact) mass is 602 g/mol. The van der Waals surface area contributed by atoms with Crippen LogP contribution in [0.3, 0.4) is 0 Å². The van der Waals surface area contributed by atoms with Crippen LogP contribution in [0.1, 0.15) is 80.1 Å². The summed E-state index contributed by atoms with van der Waals surface area (Å²) in [6.45, 7) is 18.9. The molecule has 0 radical (unpaired) electrons. The fourth-order valence-electron chi connectivity index (χ4n) is 8.93. The number of hydrogen-bond donors (Lipinski definition) is 1. The number of halogens is 1. The lowest BCUT2D eigenvalue weighted by Gasteiger charge is -2.37. The molecule has 8 nitrogen and oxygen atoms in total. The van der Waals surface area contributed by atoms with Gasteiger partial charge in [-0.25, -0.2) is 25.9 Å². The van der Waals surface area contributed by atoms with Crippen molar-refractivity contribution in [3.8, 4) is 0 Å². The second-order valence-electron chi connectivity index (χ2n) is 13.8. The molecule has 0 aromatic carbocycles. The number of nitrogens with zero attached hydrogens (tertiary/aromatic N) is 1. The summed E-state index contributed by atoms with van der Waals surface area (Å²) in [6.07, 6.45) is 6.22. The predicted molar refractivity (Wildman–Crippen MR) is 153 cm³/mol. The number of rotatable bonds is 2. The molecule has 39 heavy (non-hydrogen) atoms. The zero-order chi connectivity index (χ0) is 29.6. The molecular formula is C28H43ClN2O6S2. The number of fused-ring (bicyclic) bond motifs is 2. The first kappa shape index (κ1) is 30.7. The summed E-state index contributed by atoms with van der Waals surface area (Å²) in [7, 11) is -6.45. The van der Waals surface area contributed by atoms with Crippen LogP contribution in [0.4, 0.5) is 0 Å². The maximum Gasteiger partial charge on any atom is 0.262 e. The van der Waals surface area contributed by atoms with Crippen molar-refractivity contribution >= 4 is 42.8 Å². The van der Waals surface area contributed by atoms with Crippen LogP contribution in [-0.4, -0.2) is 55.9 Å². The number of carbonyl (C=O) groups excluding carboxylic acids is 2. The fourth-order valence-corrected chi connectivity index (χ4v) is 13.7. The molecule has 2 aliphatic heterocycles. The molecule has 6 aliphatic rings. The molecule has 6 fully saturated rings. The lowest BCUT2D eigenvalue weighted by molar-refractivity contribution is -0.125. The Morgan fingerprint density at radius 3 is 1.77 bits per heavy atom. The second-order valence-corrected chi connectivity index (χ2v) is 17.8. The van der Waals surface area contributed by atoms with E-state index in [9.17, 15) is 26.4 Å². The highest BCUT2D eigenvalue weighted by Crippen LogP contribution is 2.70. The number of sulfonamides is 2. The molecule has 1 amide bonds. The Bertz CT molecular complexity index is 1330. The van der Waals surface area contributed by atoms with Gasteiger partial charge in [0.05, 0.1) is 17.5 Å². The normalized spacial score (nSPS) is 40.0. The lowest BCUT2D eigenvalue weighted by atomic mass is 9.69. The zero-order valence-corrected chi connectivity index (χ0v) is 26.4. The maximum absolute atomic E-state index is 12.5. The van der Waals surface area contributed by atoms with Crippen molar-refractivity contribution in [2.45, 2.75) is 92.2 Å². The molecule has 4 aliphatic carbocycles. The Balaban J connectivity index is 0.000000155. The van der Waals surface area contributed by atoms with Gasteiger partial charge >= 0.3 is 0 Å². The molecule has 220 valence electrons. The average Bonchev–Trinajstić information content (AvgIpc) is 3.49. The molecule has 2 heterocycles. The van der Waals surface area contributed by atoms with Gasteiger partial charge in [0.1, 0.15) is 0 Å². The molecule has 0 aromatic rings. The largest absolute Gasteiger partial charge is 0.276 e. The molecular weight excluding hydrogens is 560 g/mol. The third kappa shape index (κ3) is 4.47. The molecule has 6 atom stereocenters. The van der Waals surface area contributed by atoms with Crippen molar-refractivity contribution in [1.29, 1.82) is 0 Å². The van der Waals surface area contributed by atoms with E-state index in [0.717, 1.165) is 42.3 Å². The second kappa shape index (κ2) is 9.39. The van der Waals surface area contributed by atoms with Crippen molar-refractivity contribution in [2.75, 3.05) is 11.5 Å². The minimum absolute atomic E-state index is 0.00877. The molecule has 2 saturated heterocycles. The van der Waals surface area contributed by atoms with Gasteiger partial charge in [-0.05, 0) is 86.6 Å². The topological polar surface area (TPSA) is 118 Å². The van der Waals surface area contributed by atoms with Crippen LogP contribution >= 0.6 is 11.6 Å². The van der Waals surface area contributed by atoms with E-state index in [1.54, 1.807) is 13.8 Å². The van der Waals surface area contributed by atoms with Crippen LogP contribution < -0.4 is 4.72 Å². The van der Waals surface area contributed by atoms with Gasteiger partial charge in [0.2, 0.25) is 25.3 Å². The van der Waals surface area contributed by atoms with Gasteiger partial charge < -0.3 is 0 Å². The van der Waals surface area contributed by atoms with Crippen molar-refractivity contribution in [3.63, 3.8) is 0 Å². The third-order valence-corrected chi connectivity index (χ3v) is 15.3. The first-order valence-corrected chi connectivity index (χ1v) is 17.4. The minimum atomic E-state index is -3.48. The van der Waals surface area contributed by atoms with Gasteiger partial charge in [-0.1, -0.05) is 40.9 Å². The summed E-state index contributed by atoms with van der Waals surface area (Å²) >= 11 is 4.87. The van der Waals surface area contributed by atoms with E-state index >= 15 is 0 Å². The Labute approximate surface area is 239 Å². The number of hydrogen-bond acceptors (Lipinski definition) is 6. The van der Waals surface area contributed by atoms with Crippen molar-refractivity contribution in [3.05, 3.63) is 24.3 Å². The fraction of sp³-hybridized carbons (Fsp3) is 0.786. The van der Waals surface area contributed by atoms with Crippen LogP contribution in [0.2, 0.25) is 0 Å². The van der Waals surface area contributed by atoms with Gasteiger partial charge in [-0.3, -0.25) is 9.59 Å². The molecule has 4 saturated carbocycles. The summed E-state index contributed by atoms with van der Waals surface area (Å²) < 4.78 is 52.1. The van der Waals surface area contributed by atoms with Crippen LogP contribution in [0.25, 0.3) is 0 Å². The van der Waals surface area contributed by atoms with Crippen LogP contribution in [0, 0.1) is 33.5 Å². The van der Waals surface area contributed by atoms with Crippen LogP contribution in [-0.2, 0) is 29.6 Å². The van der Waals surface area contributed by atoms with Gasteiger partial charge in [0.25, 0.3) is 5.91 Å². The highest BCUT2D eigenvalue weighted by Gasteiger charge is 2.72. The SMILES string of the molecule is C=C(C)C(=O)Cl.C=C(C)C(=O)N1[C@@H]2CC3CC[C@]2(CS1(=O)=O)C3(C)C.CC1(C)C2CC[C@]13CS(=O)(=O)N[C@@H]3C2. The molecule has 6 rings (SSSR count). The summed E-state index contributed by atoms with van der Waals surface area (Å²) in [5, 5.41) is -0.463. The molecule has 4 bridgehead atoms. The molecule has 11 heteroatoms. The summed E-state index contributed by atoms with van der Waals surface area (Å²) in [6, 6.07) is 0.0942. The Kier molecular flexibility index (Phi) is 7.40. The van der Waals surface area contributed by atoms with Gasteiger partial charge in [-0.15, -0.1) is 0 Å². The number of carbonyl (C=O) groups is 2. The minimum Gasteiger partial charge on any atom is -0.276 e. The van der Waals surface area contributed by atoms with E-state index in [0.29, 0.717) is 22.8 Å². The van der Waals surface area contributed by atoms with Crippen molar-refractivity contribution < 1.29 is 26.4 Å². The van der Waals surface area contributed by atoms with Gasteiger partial charge in [0, 0.05) is 28.0 Å². The summed E-state index contributed by atoms with van der Waals surface area (Å²) in [4.78, 5) is 22.0. The Hall–Kier alpha value is -1.23. The highest BCUT2D eigenvalue weighted by molar-refractivity contribution is 7.90. The van der Waals surface area contributed by atoms with Gasteiger partial charge in [-0.2, -0.15) is 0 Å². The molecule has 0 aromatic heterocycles. The zero-order valence-electron chi connectivity index (χ0n) is 24.0. The average molecular weight is 603 g/mol. The van der Waals surface area contributed by atoms with E-state index in [4.69, 9.17) is 11.6 Å². The molecule has 2 spiro atoms. The standard InChI is InChI=1S/C14H21NO3S.C10H17NO2S.C4H5ClO/c1-9(2)12(16)15-11-7-10-5-6-14(11,13(10,3)4)8-19(15,17)18;1-9(2)7-3-4-10(9)6-14(12,13)11-8(10)5-7;1-3(2)4(5)6/h10-11H,1,5-8H2,2-4H3;7-8,11H,3-6H2,1-2H3;1H2,2H3/t10?,11-,14-;7?,8-,10-;/m11./s1. The quantitative estimate of drug-likeness (QED) is 0.370. The summed E-state index contributed by atoms with van der Waals surface area (Å²) in [5.41, 5.74) is 0.735. The third-order valence-electron chi connectivity index (χ3n) is 11.5. The van der Waals surface area contributed by atoms with E-state index in [2.05, 4.69) is 45.6 Å². The Morgan fingerprint density at radius 2 is 1.33 bits per heavy atom. The van der Waals surface area contributed by atoms with E-state index in [1.165, 1.54) is 6.42 Å². The van der Waals surface area contributed by atoms with Crippen LogP contribution in [0.15, 0.2) is 24.3 Å². The van der Waals surface area contributed by atoms with Crippen LogP contribution in [0.5, 0.6) is 0 Å². The Morgan fingerprint density at radius 1 is 0.846 bits per heavy atom. The predicted octanol–water partition coefficient (Wildman–Crippen LogP) is 4.37. The molecule has 1 N–H and O–H groups in total. The van der Waals surface area contributed by atoms with E-state index in [-0.39, 0.29) is 39.5 Å². The highest BCUT2D eigenvalue weighted by atomic mass is 35.5. The molecule has 2 unspecified atom stereocenters. The number of nitrogens with one attached hydrogen (secondary N) is 1. The van der Waals surface area contributed by atoms with E-state index < -0.39 is 31.2 Å². The lowest BCUT2D eigenvalue weighted by Crippen LogP contribution is -2.44. The van der Waals surface area contributed by atoms with Crippen molar-refractivity contribution in [1.82, 2.24) is 9.03 Å². The smallest absolute Gasteiger partial charge is 0.262 e. The van der Waals surface area contributed by atoms with Crippen molar-refractivity contribution in [2.24, 2.45) is 33.5 Å². The van der Waals surface area contributed by atoms with Gasteiger partial charge in [0.15, 0.2) is 0 Å². The first-order valence-electron chi connectivity index (χ1n) is 13.7. The number of amides is 1. The van der Waals surface area contributed by atoms with E-state index in [1.807, 2.05) is 0 Å². The summed E-state index contributed by atoms with van der Waals surface area (Å²) in [5.74, 6) is 1.36.